The van der Waals surface area contributed by atoms with Crippen LogP contribution in [-0.4, -0.2) is 12.5 Å². The molecule has 0 atom stereocenters. The summed E-state index contributed by atoms with van der Waals surface area (Å²) in [6.07, 6.45) is 0.942. The van der Waals surface area contributed by atoms with Gasteiger partial charge in [0, 0.05) is 5.69 Å². The third kappa shape index (κ3) is 4.70. The molecular weight excluding hydrogens is 310 g/mol. The number of aryl methyl sites for hydroxylation is 1. The molecule has 126 valence electrons. The van der Waals surface area contributed by atoms with Gasteiger partial charge in [-0.1, -0.05) is 61.5 Å². The lowest BCUT2D eigenvalue weighted by atomic mass is 10.1. The van der Waals surface area contributed by atoms with Crippen molar-refractivity contribution in [2.75, 3.05) is 11.9 Å². The van der Waals surface area contributed by atoms with Gasteiger partial charge in [-0.25, -0.2) is 0 Å². The van der Waals surface area contributed by atoms with E-state index in [1.54, 1.807) is 0 Å². The number of rotatable bonds is 6. The minimum atomic E-state index is -0.172. The molecule has 0 heterocycles. The van der Waals surface area contributed by atoms with Gasteiger partial charge in [0.2, 0.25) is 0 Å². The Bertz CT molecular complexity index is 826. The van der Waals surface area contributed by atoms with Gasteiger partial charge in [0.05, 0.1) is 0 Å². The molecule has 0 fully saturated rings. The summed E-state index contributed by atoms with van der Waals surface area (Å²) in [6.45, 7) is 2.08. The molecule has 0 aliphatic carbocycles. The van der Waals surface area contributed by atoms with Crippen molar-refractivity contribution in [3.63, 3.8) is 0 Å². The first-order chi connectivity index (χ1) is 12.2. The smallest absolute Gasteiger partial charge is 0.262 e. The molecule has 1 amide bonds. The van der Waals surface area contributed by atoms with Crippen LogP contribution in [0.1, 0.15) is 12.5 Å². The van der Waals surface area contributed by atoms with E-state index in [2.05, 4.69) is 24.4 Å². The van der Waals surface area contributed by atoms with Crippen LogP contribution >= 0.6 is 0 Å². The lowest BCUT2D eigenvalue weighted by Crippen LogP contribution is -2.20. The van der Waals surface area contributed by atoms with Crippen molar-refractivity contribution in [1.82, 2.24) is 0 Å². The molecule has 0 aliphatic heterocycles. The van der Waals surface area contributed by atoms with E-state index in [1.165, 1.54) is 5.56 Å². The van der Waals surface area contributed by atoms with Crippen molar-refractivity contribution in [3.05, 3.63) is 84.4 Å². The zero-order chi connectivity index (χ0) is 17.5. The Morgan fingerprint density at radius 1 is 0.880 bits per heavy atom. The third-order valence-corrected chi connectivity index (χ3v) is 3.95. The molecule has 0 aliphatic rings. The predicted molar refractivity (Wildman–Crippen MR) is 102 cm³/mol. The Labute approximate surface area is 148 Å². The second-order valence-corrected chi connectivity index (χ2v) is 5.78. The van der Waals surface area contributed by atoms with Crippen LogP contribution < -0.4 is 10.1 Å². The van der Waals surface area contributed by atoms with Crippen LogP contribution in [0.25, 0.3) is 11.1 Å². The molecule has 0 aromatic heterocycles. The van der Waals surface area contributed by atoms with Crippen molar-refractivity contribution >= 4 is 11.6 Å². The Balaban J connectivity index is 1.56. The molecule has 3 rings (SSSR count). The van der Waals surface area contributed by atoms with Crippen molar-refractivity contribution in [1.29, 1.82) is 0 Å². The van der Waals surface area contributed by atoms with Gasteiger partial charge < -0.3 is 10.1 Å². The summed E-state index contributed by atoms with van der Waals surface area (Å²) >= 11 is 0. The number of anilines is 1. The number of carbonyl (C=O) groups excluding carboxylic acids is 1. The summed E-state index contributed by atoms with van der Waals surface area (Å²) in [4.78, 5) is 12.1. The van der Waals surface area contributed by atoms with Crippen molar-refractivity contribution in [2.45, 2.75) is 13.3 Å². The van der Waals surface area contributed by atoms with E-state index in [4.69, 9.17) is 4.74 Å². The van der Waals surface area contributed by atoms with Crippen LogP contribution in [0.15, 0.2) is 78.9 Å². The van der Waals surface area contributed by atoms with Gasteiger partial charge in [-0.2, -0.15) is 0 Å². The Hall–Kier alpha value is -3.07. The monoisotopic (exact) mass is 331 g/mol. The minimum absolute atomic E-state index is 0.00634. The van der Waals surface area contributed by atoms with E-state index in [0.29, 0.717) is 5.75 Å². The van der Waals surface area contributed by atoms with E-state index in [9.17, 15) is 4.79 Å². The van der Waals surface area contributed by atoms with Gasteiger partial charge in [-0.15, -0.1) is 0 Å². The van der Waals surface area contributed by atoms with Crippen molar-refractivity contribution in [2.24, 2.45) is 0 Å². The maximum Gasteiger partial charge on any atom is 0.262 e. The van der Waals surface area contributed by atoms with Crippen LogP contribution in [0.5, 0.6) is 5.75 Å². The lowest BCUT2D eigenvalue weighted by Gasteiger charge is -2.09. The summed E-state index contributed by atoms with van der Waals surface area (Å²) in [5.74, 6) is 0.545. The molecule has 0 spiro atoms. The molecule has 3 nitrogen and oxygen atoms in total. The largest absolute Gasteiger partial charge is 0.484 e. The molecule has 25 heavy (non-hydrogen) atoms. The number of ether oxygens (including phenoxy) is 1. The number of hydrogen-bond donors (Lipinski definition) is 1. The second-order valence-electron chi connectivity index (χ2n) is 5.78. The third-order valence-electron chi connectivity index (χ3n) is 3.95. The number of benzene rings is 3. The Kier molecular flexibility index (Phi) is 5.47. The number of amides is 1. The fraction of sp³-hybridized carbons (Fsp3) is 0.136. The highest BCUT2D eigenvalue weighted by molar-refractivity contribution is 5.92. The highest BCUT2D eigenvalue weighted by Gasteiger charge is 2.05. The minimum Gasteiger partial charge on any atom is -0.484 e. The quantitative estimate of drug-likeness (QED) is 0.695. The summed E-state index contributed by atoms with van der Waals surface area (Å²) in [6, 6.07) is 25.7. The topological polar surface area (TPSA) is 38.3 Å². The molecule has 1 N–H and O–H groups in total. The number of nitrogens with one attached hydrogen (secondary N) is 1. The zero-order valence-corrected chi connectivity index (χ0v) is 14.2. The Morgan fingerprint density at radius 2 is 1.60 bits per heavy atom. The van der Waals surface area contributed by atoms with Gasteiger partial charge in [-0.05, 0) is 47.4 Å². The van der Waals surface area contributed by atoms with Crippen LogP contribution in [0.2, 0.25) is 0 Å². The van der Waals surface area contributed by atoms with Gasteiger partial charge >= 0.3 is 0 Å². The standard InChI is InChI=1S/C22H21NO2/c1-2-17-7-6-10-21(15-17)25-16-22(24)23-20-13-11-19(12-14-20)18-8-4-3-5-9-18/h3-15H,2,16H2,1H3,(H,23,24). The van der Waals surface area contributed by atoms with Crippen LogP contribution in [0.3, 0.4) is 0 Å². The molecule has 0 saturated carbocycles. The Morgan fingerprint density at radius 3 is 2.32 bits per heavy atom. The van der Waals surface area contributed by atoms with E-state index in [-0.39, 0.29) is 12.5 Å². The molecule has 0 radical (unpaired) electrons. The maximum atomic E-state index is 12.1. The first-order valence-electron chi connectivity index (χ1n) is 8.41. The normalized spacial score (nSPS) is 10.3. The molecular formula is C22H21NO2. The fourth-order valence-corrected chi connectivity index (χ4v) is 2.58. The summed E-state index contributed by atoms with van der Waals surface area (Å²) in [5.41, 5.74) is 4.22. The molecule has 0 saturated heterocycles. The van der Waals surface area contributed by atoms with Crippen molar-refractivity contribution < 1.29 is 9.53 Å². The second kappa shape index (κ2) is 8.15. The van der Waals surface area contributed by atoms with E-state index < -0.39 is 0 Å². The van der Waals surface area contributed by atoms with Gasteiger partial charge in [0.25, 0.3) is 5.91 Å². The van der Waals surface area contributed by atoms with Gasteiger partial charge in [0.1, 0.15) is 5.75 Å². The molecule has 3 aromatic rings. The van der Waals surface area contributed by atoms with Crippen molar-refractivity contribution in [3.8, 4) is 16.9 Å². The van der Waals surface area contributed by atoms with E-state index in [0.717, 1.165) is 23.2 Å². The summed E-state index contributed by atoms with van der Waals surface area (Å²) in [5, 5.41) is 2.86. The zero-order valence-electron chi connectivity index (χ0n) is 14.2. The van der Waals surface area contributed by atoms with E-state index in [1.807, 2.05) is 66.7 Å². The summed E-state index contributed by atoms with van der Waals surface area (Å²) < 4.78 is 5.56. The fourth-order valence-electron chi connectivity index (χ4n) is 2.58. The summed E-state index contributed by atoms with van der Waals surface area (Å²) in [7, 11) is 0. The van der Waals surface area contributed by atoms with Gasteiger partial charge in [0.15, 0.2) is 6.61 Å². The first-order valence-corrected chi connectivity index (χ1v) is 8.41. The lowest BCUT2D eigenvalue weighted by molar-refractivity contribution is -0.118. The van der Waals surface area contributed by atoms with E-state index >= 15 is 0 Å². The highest BCUT2D eigenvalue weighted by atomic mass is 16.5. The SMILES string of the molecule is CCc1cccc(OCC(=O)Nc2ccc(-c3ccccc3)cc2)c1. The average Bonchev–Trinajstić information content (AvgIpc) is 2.68. The number of hydrogen-bond acceptors (Lipinski definition) is 2. The highest BCUT2D eigenvalue weighted by Crippen LogP contribution is 2.21. The molecule has 3 aromatic carbocycles. The predicted octanol–water partition coefficient (Wildman–Crippen LogP) is 4.93. The average molecular weight is 331 g/mol. The molecule has 0 bridgehead atoms. The first kappa shape index (κ1) is 16.8. The number of carbonyl (C=O) groups is 1. The van der Waals surface area contributed by atoms with Gasteiger partial charge in [-0.3, -0.25) is 4.79 Å². The maximum absolute atomic E-state index is 12.1. The van der Waals surface area contributed by atoms with Crippen LogP contribution in [0.4, 0.5) is 5.69 Å². The van der Waals surface area contributed by atoms with Crippen LogP contribution in [-0.2, 0) is 11.2 Å². The molecule has 0 unspecified atom stereocenters. The molecule has 3 heteroatoms. The van der Waals surface area contributed by atoms with Crippen LogP contribution in [0, 0.1) is 0 Å².